The highest BCUT2D eigenvalue weighted by Gasteiger charge is 2.20. The van der Waals surface area contributed by atoms with Gasteiger partial charge in [0.05, 0.1) is 17.2 Å². The first-order chi connectivity index (χ1) is 7.97. The quantitative estimate of drug-likeness (QED) is 0.828. The fraction of sp³-hybridized carbons (Fsp3) is 0.417. The number of hydrogen-bond donors (Lipinski definition) is 2. The molecule has 17 heavy (non-hydrogen) atoms. The summed E-state index contributed by atoms with van der Waals surface area (Å²) in [5.41, 5.74) is 0.418. The Bertz CT molecular complexity index is 409. The molecule has 0 aliphatic rings. The molecule has 94 valence electrons. The minimum absolute atomic E-state index is 0.00860. The molecule has 0 spiro atoms. The molecule has 0 saturated carbocycles. The van der Waals surface area contributed by atoms with Gasteiger partial charge in [-0.3, -0.25) is 4.79 Å². The van der Waals surface area contributed by atoms with Crippen LogP contribution in [-0.4, -0.2) is 35.1 Å². The molecular formula is C12H16ClNO2S. The van der Waals surface area contributed by atoms with Crippen LogP contribution < -0.4 is 0 Å². The van der Waals surface area contributed by atoms with Crippen LogP contribution >= 0.6 is 24.2 Å². The van der Waals surface area contributed by atoms with Crippen LogP contribution in [0.5, 0.6) is 0 Å². The van der Waals surface area contributed by atoms with Crippen molar-refractivity contribution < 1.29 is 9.90 Å². The van der Waals surface area contributed by atoms with Crippen LogP contribution in [0.3, 0.4) is 0 Å². The number of amides is 1. The average Bonchev–Trinajstić information content (AvgIpc) is 2.28. The standard InChI is InChI=1S/C12H16ClNO2S/c1-8(2)14(5-6-15)12(16)10-7-9(17)3-4-11(10)13/h3-4,7-8,15,17H,5-6H2,1-2H3. The number of aliphatic hydroxyl groups is 1. The van der Waals surface area contributed by atoms with E-state index in [-0.39, 0.29) is 18.6 Å². The lowest BCUT2D eigenvalue weighted by molar-refractivity contribution is 0.0665. The van der Waals surface area contributed by atoms with E-state index in [2.05, 4.69) is 12.6 Å². The van der Waals surface area contributed by atoms with Crippen molar-refractivity contribution in [3.63, 3.8) is 0 Å². The zero-order valence-corrected chi connectivity index (χ0v) is 11.5. The first-order valence-corrected chi connectivity index (χ1v) is 6.20. The van der Waals surface area contributed by atoms with Crippen LogP contribution in [0.25, 0.3) is 0 Å². The maximum atomic E-state index is 12.2. The van der Waals surface area contributed by atoms with Gasteiger partial charge < -0.3 is 10.0 Å². The van der Waals surface area contributed by atoms with Gasteiger partial charge in [0, 0.05) is 17.5 Å². The fourth-order valence-electron chi connectivity index (χ4n) is 1.53. The number of halogens is 1. The Hall–Kier alpha value is -0.710. The van der Waals surface area contributed by atoms with Crippen molar-refractivity contribution in [2.24, 2.45) is 0 Å². The van der Waals surface area contributed by atoms with E-state index in [4.69, 9.17) is 16.7 Å². The summed E-state index contributed by atoms with van der Waals surface area (Å²) in [5.74, 6) is -0.185. The summed E-state index contributed by atoms with van der Waals surface area (Å²) in [6.07, 6.45) is 0. The second-order valence-corrected chi connectivity index (χ2v) is 4.90. The summed E-state index contributed by atoms with van der Waals surface area (Å²) in [6, 6.07) is 5.03. The van der Waals surface area contributed by atoms with Gasteiger partial charge in [-0.25, -0.2) is 0 Å². The summed E-state index contributed by atoms with van der Waals surface area (Å²) in [4.78, 5) is 14.5. The largest absolute Gasteiger partial charge is 0.395 e. The van der Waals surface area contributed by atoms with Crippen molar-refractivity contribution >= 4 is 30.1 Å². The molecule has 0 radical (unpaired) electrons. The molecule has 3 nitrogen and oxygen atoms in total. The van der Waals surface area contributed by atoms with Crippen LogP contribution in [0.2, 0.25) is 5.02 Å². The van der Waals surface area contributed by atoms with E-state index in [1.54, 1.807) is 23.1 Å². The third kappa shape index (κ3) is 3.63. The molecule has 0 aliphatic heterocycles. The lowest BCUT2D eigenvalue weighted by Crippen LogP contribution is -2.39. The predicted octanol–water partition coefficient (Wildman–Crippen LogP) is 2.47. The predicted molar refractivity (Wildman–Crippen MR) is 72.0 cm³/mol. The van der Waals surface area contributed by atoms with Gasteiger partial charge >= 0.3 is 0 Å². The van der Waals surface area contributed by atoms with Gasteiger partial charge in [0.15, 0.2) is 0 Å². The van der Waals surface area contributed by atoms with E-state index in [1.807, 2.05) is 13.8 Å². The molecule has 0 atom stereocenters. The van der Waals surface area contributed by atoms with Gasteiger partial charge in [0.2, 0.25) is 0 Å². The first-order valence-electron chi connectivity index (χ1n) is 5.37. The molecule has 0 aromatic heterocycles. The molecule has 0 unspecified atom stereocenters. The monoisotopic (exact) mass is 273 g/mol. The van der Waals surface area contributed by atoms with Gasteiger partial charge in [0.1, 0.15) is 0 Å². The van der Waals surface area contributed by atoms with Crippen LogP contribution in [0, 0.1) is 0 Å². The molecule has 1 aromatic carbocycles. The summed E-state index contributed by atoms with van der Waals surface area (Å²) in [6.45, 7) is 4.02. The van der Waals surface area contributed by atoms with Crippen LogP contribution in [-0.2, 0) is 0 Å². The Kier molecular flexibility index (Phi) is 5.31. The maximum absolute atomic E-state index is 12.2. The number of thiol groups is 1. The number of hydrogen-bond acceptors (Lipinski definition) is 3. The second-order valence-electron chi connectivity index (χ2n) is 3.98. The fourth-order valence-corrected chi connectivity index (χ4v) is 1.94. The number of carbonyl (C=O) groups is 1. The van der Waals surface area contributed by atoms with Crippen molar-refractivity contribution in [1.29, 1.82) is 0 Å². The SMILES string of the molecule is CC(C)N(CCO)C(=O)c1cc(S)ccc1Cl. The van der Waals surface area contributed by atoms with Gasteiger partial charge in [-0.2, -0.15) is 0 Å². The van der Waals surface area contributed by atoms with Gasteiger partial charge in [-0.1, -0.05) is 11.6 Å². The second kappa shape index (κ2) is 6.28. The normalized spacial score (nSPS) is 10.7. The van der Waals surface area contributed by atoms with Crippen molar-refractivity contribution in [3.05, 3.63) is 28.8 Å². The van der Waals surface area contributed by atoms with Crippen LogP contribution in [0.4, 0.5) is 0 Å². The van der Waals surface area contributed by atoms with Crippen molar-refractivity contribution in [1.82, 2.24) is 4.90 Å². The lowest BCUT2D eigenvalue weighted by Gasteiger charge is -2.26. The molecule has 0 saturated heterocycles. The van der Waals surface area contributed by atoms with Gasteiger partial charge in [0.25, 0.3) is 5.91 Å². The Labute approximate surface area is 112 Å². The number of carbonyl (C=O) groups excluding carboxylic acids is 1. The summed E-state index contributed by atoms with van der Waals surface area (Å²) in [7, 11) is 0. The summed E-state index contributed by atoms with van der Waals surface area (Å²) >= 11 is 10.2. The Morgan fingerprint density at radius 1 is 1.53 bits per heavy atom. The maximum Gasteiger partial charge on any atom is 0.255 e. The molecule has 1 rings (SSSR count). The van der Waals surface area contributed by atoms with Crippen molar-refractivity contribution in [3.8, 4) is 0 Å². The van der Waals surface area contributed by atoms with Crippen LogP contribution in [0.15, 0.2) is 23.1 Å². The molecule has 0 bridgehead atoms. The Balaban J connectivity index is 3.04. The highest BCUT2D eigenvalue weighted by Crippen LogP contribution is 2.22. The van der Waals surface area contributed by atoms with Gasteiger partial charge in [-0.15, -0.1) is 12.6 Å². The Morgan fingerprint density at radius 3 is 2.71 bits per heavy atom. The smallest absolute Gasteiger partial charge is 0.255 e. The molecule has 1 amide bonds. The topological polar surface area (TPSA) is 40.5 Å². The minimum atomic E-state index is -0.185. The van der Waals surface area contributed by atoms with Crippen LogP contribution in [0.1, 0.15) is 24.2 Å². The van der Waals surface area contributed by atoms with E-state index < -0.39 is 0 Å². The summed E-state index contributed by atoms with van der Waals surface area (Å²) < 4.78 is 0. The van der Waals surface area contributed by atoms with Crippen molar-refractivity contribution in [2.75, 3.05) is 13.2 Å². The third-order valence-corrected chi connectivity index (χ3v) is 3.01. The highest BCUT2D eigenvalue weighted by atomic mass is 35.5. The lowest BCUT2D eigenvalue weighted by atomic mass is 10.1. The van der Waals surface area contributed by atoms with E-state index >= 15 is 0 Å². The zero-order chi connectivity index (χ0) is 13.0. The number of aliphatic hydroxyl groups excluding tert-OH is 1. The van der Waals surface area contributed by atoms with E-state index in [1.165, 1.54) is 0 Å². The first kappa shape index (κ1) is 14.4. The van der Waals surface area contributed by atoms with Crippen molar-refractivity contribution in [2.45, 2.75) is 24.8 Å². The van der Waals surface area contributed by atoms with Gasteiger partial charge in [-0.05, 0) is 32.0 Å². The highest BCUT2D eigenvalue weighted by molar-refractivity contribution is 7.80. The van der Waals surface area contributed by atoms with E-state index in [9.17, 15) is 4.79 Å². The zero-order valence-electron chi connectivity index (χ0n) is 9.85. The molecule has 1 aromatic rings. The Morgan fingerprint density at radius 2 is 2.18 bits per heavy atom. The van der Waals surface area contributed by atoms with E-state index in [0.29, 0.717) is 22.0 Å². The molecule has 0 fully saturated rings. The number of rotatable bonds is 4. The summed E-state index contributed by atoms with van der Waals surface area (Å²) in [5, 5.41) is 9.36. The number of benzene rings is 1. The minimum Gasteiger partial charge on any atom is -0.395 e. The molecule has 0 heterocycles. The molecule has 0 aliphatic carbocycles. The molecular weight excluding hydrogens is 258 g/mol. The number of nitrogens with zero attached hydrogens (tertiary/aromatic N) is 1. The third-order valence-electron chi connectivity index (χ3n) is 2.41. The molecule has 1 N–H and O–H groups in total. The van der Waals surface area contributed by atoms with E-state index in [0.717, 1.165) is 0 Å². The average molecular weight is 274 g/mol. The molecule has 5 heteroatoms.